The Hall–Kier alpha value is -0.650. The first-order valence-electron chi connectivity index (χ1n) is 5.89. The summed E-state index contributed by atoms with van der Waals surface area (Å²) >= 11 is 0. The van der Waals surface area contributed by atoms with E-state index in [-0.39, 0.29) is 25.0 Å². The molecule has 1 amide bonds. The van der Waals surface area contributed by atoms with Crippen LogP contribution in [0.4, 0.5) is 0 Å². The highest BCUT2D eigenvalue weighted by Crippen LogP contribution is 2.33. The zero-order chi connectivity index (χ0) is 11.8. The van der Waals surface area contributed by atoms with Crippen LogP contribution >= 0.6 is 0 Å². The van der Waals surface area contributed by atoms with Crippen molar-refractivity contribution in [2.45, 2.75) is 43.9 Å². The number of hydrogen-bond acceptors (Lipinski definition) is 4. The molecule has 0 radical (unpaired) electrons. The van der Waals surface area contributed by atoms with E-state index in [9.17, 15) is 9.90 Å². The SMILES string of the molecule is CC(O)(CO)CNC(=O)C1CC2CCC1N2. The van der Waals surface area contributed by atoms with Gasteiger partial charge < -0.3 is 20.8 Å². The average Bonchev–Trinajstić information content (AvgIpc) is 2.87. The van der Waals surface area contributed by atoms with Crippen molar-refractivity contribution in [2.75, 3.05) is 13.2 Å². The third kappa shape index (κ3) is 2.36. The van der Waals surface area contributed by atoms with Crippen LogP contribution in [0.5, 0.6) is 0 Å². The van der Waals surface area contributed by atoms with E-state index in [1.807, 2.05) is 0 Å². The van der Waals surface area contributed by atoms with Gasteiger partial charge in [0, 0.05) is 18.6 Å². The molecule has 4 N–H and O–H groups in total. The quantitative estimate of drug-likeness (QED) is 0.497. The Morgan fingerprint density at radius 1 is 1.56 bits per heavy atom. The van der Waals surface area contributed by atoms with Crippen LogP contribution in [0.2, 0.25) is 0 Å². The van der Waals surface area contributed by atoms with Crippen molar-refractivity contribution >= 4 is 5.91 Å². The molecule has 2 aliphatic rings. The molecule has 2 fully saturated rings. The second kappa shape index (κ2) is 4.31. The lowest BCUT2D eigenvalue weighted by Gasteiger charge is -2.24. The molecular weight excluding hydrogens is 208 g/mol. The minimum atomic E-state index is -1.22. The van der Waals surface area contributed by atoms with Crippen LogP contribution in [0.25, 0.3) is 0 Å². The summed E-state index contributed by atoms with van der Waals surface area (Å²) in [5.74, 6) is 0.0293. The van der Waals surface area contributed by atoms with Crippen LogP contribution in [0.3, 0.4) is 0 Å². The number of carbonyl (C=O) groups is 1. The fourth-order valence-electron chi connectivity index (χ4n) is 2.58. The van der Waals surface area contributed by atoms with E-state index < -0.39 is 5.60 Å². The van der Waals surface area contributed by atoms with Crippen molar-refractivity contribution in [3.8, 4) is 0 Å². The zero-order valence-electron chi connectivity index (χ0n) is 9.57. The molecule has 0 spiro atoms. The number of aliphatic hydroxyl groups excluding tert-OH is 1. The average molecular weight is 228 g/mol. The largest absolute Gasteiger partial charge is 0.393 e. The number of carbonyl (C=O) groups excluding carboxylic acids is 1. The third-order valence-corrected chi connectivity index (χ3v) is 3.62. The van der Waals surface area contributed by atoms with Gasteiger partial charge in [-0.2, -0.15) is 0 Å². The molecule has 2 heterocycles. The molecule has 2 rings (SSSR count). The van der Waals surface area contributed by atoms with Gasteiger partial charge in [-0.15, -0.1) is 0 Å². The molecule has 5 heteroatoms. The molecule has 5 nitrogen and oxygen atoms in total. The first kappa shape index (κ1) is 11.8. The number of aliphatic hydroxyl groups is 2. The first-order chi connectivity index (χ1) is 7.52. The lowest BCUT2D eigenvalue weighted by Crippen LogP contribution is -2.46. The van der Waals surface area contributed by atoms with Crippen LogP contribution in [-0.4, -0.2) is 47.0 Å². The Kier molecular flexibility index (Phi) is 3.19. The minimum absolute atomic E-state index is 0.00609. The summed E-state index contributed by atoms with van der Waals surface area (Å²) in [4.78, 5) is 11.9. The summed E-state index contributed by atoms with van der Waals surface area (Å²) in [6.45, 7) is 1.27. The van der Waals surface area contributed by atoms with Gasteiger partial charge in [0.25, 0.3) is 0 Å². The van der Waals surface area contributed by atoms with Crippen LogP contribution in [0.15, 0.2) is 0 Å². The van der Waals surface area contributed by atoms with Gasteiger partial charge in [-0.3, -0.25) is 4.79 Å². The van der Waals surface area contributed by atoms with Crippen molar-refractivity contribution in [3.63, 3.8) is 0 Å². The Morgan fingerprint density at radius 2 is 2.31 bits per heavy atom. The lowest BCUT2D eigenvalue weighted by atomic mass is 9.88. The van der Waals surface area contributed by atoms with Gasteiger partial charge in [0.1, 0.15) is 5.60 Å². The van der Waals surface area contributed by atoms with Gasteiger partial charge in [0.2, 0.25) is 5.91 Å². The van der Waals surface area contributed by atoms with E-state index in [4.69, 9.17) is 5.11 Å². The standard InChI is InChI=1S/C11H20N2O3/c1-11(16,6-14)5-12-10(15)8-4-7-2-3-9(8)13-7/h7-9,13-14,16H,2-6H2,1H3,(H,12,15). The Labute approximate surface area is 95.2 Å². The number of nitrogens with one attached hydrogen (secondary N) is 2. The number of rotatable bonds is 4. The Bertz CT molecular complexity index is 280. The van der Waals surface area contributed by atoms with E-state index in [1.54, 1.807) is 0 Å². The van der Waals surface area contributed by atoms with Crippen LogP contribution < -0.4 is 10.6 Å². The second-order valence-corrected chi connectivity index (χ2v) is 5.26. The normalized spacial score (nSPS) is 36.1. The zero-order valence-corrected chi connectivity index (χ0v) is 9.57. The molecule has 2 bridgehead atoms. The third-order valence-electron chi connectivity index (χ3n) is 3.62. The van der Waals surface area contributed by atoms with E-state index in [2.05, 4.69) is 10.6 Å². The van der Waals surface area contributed by atoms with Crippen molar-refractivity contribution in [1.29, 1.82) is 0 Å². The molecule has 0 saturated carbocycles. The smallest absolute Gasteiger partial charge is 0.224 e. The lowest BCUT2D eigenvalue weighted by molar-refractivity contribution is -0.127. The van der Waals surface area contributed by atoms with Crippen molar-refractivity contribution in [2.24, 2.45) is 5.92 Å². The van der Waals surface area contributed by atoms with Gasteiger partial charge in [-0.05, 0) is 26.2 Å². The molecule has 0 aromatic rings. The predicted octanol–water partition coefficient (Wildman–Crippen LogP) is -1.01. The molecule has 2 saturated heterocycles. The molecule has 4 unspecified atom stereocenters. The molecule has 0 aromatic carbocycles. The fraction of sp³-hybridized carbons (Fsp3) is 0.909. The van der Waals surface area contributed by atoms with Gasteiger partial charge in [0.15, 0.2) is 0 Å². The number of hydrogen-bond donors (Lipinski definition) is 4. The highest BCUT2D eigenvalue weighted by atomic mass is 16.3. The molecule has 0 aromatic heterocycles. The summed E-state index contributed by atoms with van der Waals surface area (Å²) in [5.41, 5.74) is -1.22. The fourth-order valence-corrected chi connectivity index (χ4v) is 2.58. The van der Waals surface area contributed by atoms with Crippen molar-refractivity contribution in [3.05, 3.63) is 0 Å². The highest BCUT2D eigenvalue weighted by Gasteiger charge is 2.42. The van der Waals surface area contributed by atoms with Gasteiger partial charge in [-0.25, -0.2) is 0 Å². The predicted molar refractivity (Wildman–Crippen MR) is 58.8 cm³/mol. The van der Waals surface area contributed by atoms with Crippen LogP contribution in [-0.2, 0) is 4.79 Å². The second-order valence-electron chi connectivity index (χ2n) is 5.26. The molecule has 2 aliphatic heterocycles. The Morgan fingerprint density at radius 3 is 2.81 bits per heavy atom. The van der Waals surface area contributed by atoms with Gasteiger partial charge in [-0.1, -0.05) is 0 Å². The molecule has 16 heavy (non-hydrogen) atoms. The van der Waals surface area contributed by atoms with Crippen LogP contribution in [0.1, 0.15) is 26.2 Å². The first-order valence-corrected chi connectivity index (χ1v) is 5.89. The summed E-state index contributed by atoms with van der Waals surface area (Å²) in [6, 6.07) is 0.808. The molecule has 92 valence electrons. The molecule has 4 atom stereocenters. The number of amides is 1. The van der Waals surface area contributed by atoms with Gasteiger partial charge in [0.05, 0.1) is 12.5 Å². The monoisotopic (exact) mass is 228 g/mol. The van der Waals surface area contributed by atoms with E-state index in [1.165, 1.54) is 13.3 Å². The van der Waals surface area contributed by atoms with Gasteiger partial charge >= 0.3 is 0 Å². The summed E-state index contributed by atoms with van der Waals surface area (Å²) in [7, 11) is 0. The summed E-state index contributed by atoms with van der Waals surface area (Å²) in [5, 5.41) is 24.5. The van der Waals surface area contributed by atoms with Crippen molar-refractivity contribution in [1.82, 2.24) is 10.6 Å². The maximum Gasteiger partial charge on any atom is 0.224 e. The highest BCUT2D eigenvalue weighted by molar-refractivity contribution is 5.80. The van der Waals surface area contributed by atoms with E-state index in [0.29, 0.717) is 12.1 Å². The van der Waals surface area contributed by atoms with E-state index in [0.717, 1.165) is 12.8 Å². The minimum Gasteiger partial charge on any atom is -0.393 e. The van der Waals surface area contributed by atoms with E-state index >= 15 is 0 Å². The van der Waals surface area contributed by atoms with Crippen LogP contribution in [0, 0.1) is 5.92 Å². The molecular formula is C11H20N2O3. The molecule has 0 aliphatic carbocycles. The maximum atomic E-state index is 11.9. The summed E-state index contributed by atoms with van der Waals surface area (Å²) < 4.78 is 0. The topological polar surface area (TPSA) is 81.6 Å². The number of fused-ring (bicyclic) bond motifs is 2. The Balaban J connectivity index is 1.81. The maximum absolute atomic E-state index is 11.9. The summed E-state index contributed by atoms with van der Waals surface area (Å²) in [6.07, 6.45) is 3.14. The van der Waals surface area contributed by atoms with Crippen molar-refractivity contribution < 1.29 is 15.0 Å².